The molecule has 1 saturated heterocycles. The van der Waals surface area contributed by atoms with Gasteiger partial charge in [0.1, 0.15) is 0 Å². The minimum absolute atomic E-state index is 0.0927. The fraction of sp³-hybridized carbons (Fsp3) is 0.211. The van der Waals surface area contributed by atoms with E-state index in [0.717, 1.165) is 33.9 Å². The molecule has 1 fully saturated rings. The molecule has 2 aromatic heterocycles. The van der Waals surface area contributed by atoms with Crippen LogP contribution in [-0.2, 0) is 0 Å². The Morgan fingerprint density at radius 2 is 1.46 bits per heavy atom. The number of hydrogen-bond acceptors (Lipinski definition) is 4. The number of carbonyl (C=O) groups excluding carboxylic acids is 1. The van der Waals surface area contributed by atoms with E-state index < -0.39 is 0 Å². The van der Waals surface area contributed by atoms with Crippen molar-refractivity contribution in [3.63, 3.8) is 0 Å². The molecule has 3 heterocycles. The average Bonchev–Trinajstić information content (AvgIpc) is 3.23. The number of aromatic nitrogens is 3. The van der Waals surface area contributed by atoms with Crippen molar-refractivity contribution in [3.8, 4) is 5.82 Å². The summed E-state index contributed by atoms with van der Waals surface area (Å²) in [5.41, 5.74) is 0.745. The zero-order valence-corrected chi connectivity index (χ0v) is 16.3. The molecule has 0 spiro atoms. The highest BCUT2D eigenvalue weighted by Gasteiger charge is 2.23. The lowest BCUT2D eigenvalue weighted by Crippen LogP contribution is -2.49. The Balaban J connectivity index is 1.39. The maximum absolute atomic E-state index is 12.6. The van der Waals surface area contributed by atoms with Gasteiger partial charge in [0, 0.05) is 47.7 Å². The second kappa shape index (κ2) is 7.45. The van der Waals surface area contributed by atoms with Crippen molar-refractivity contribution in [3.05, 3.63) is 70.1 Å². The summed E-state index contributed by atoms with van der Waals surface area (Å²) in [7, 11) is 0. The summed E-state index contributed by atoms with van der Waals surface area (Å²) in [6.07, 6.45) is 3.89. The Labute approximate surface area is 165 Å². The van der Waals surface area contributed by atoms with E-state index in [2.05, 4.69) is 37.7 Å². The third kappa shape index (κ3) is 3.57. The molecular weight excluding hydrogens is 441 g/mol. The second-order valence-corrected chi connectivity index (χ2v) is 7.37. The second-order valence-electron chi connectivity index (χ2n) is 6.13. The first-order chi connectivity index (χ1) is 12.7. The Kier molecular flexibility index (Phi) is 4.87. The van der Waals surface area contributed by atoms with Crippen LogP contribution in [-0.4, -0.2) is 51.8 Å². The number of nitrogens with zero attached hydrogens (tertiary/aromatic N) is 5. The summed E-state index contributed by atoms with van der Waals surface area (Å²) < 4.78 is 3.06. The third-order valence-electron chi connectivity index (χ3n) is 4.49. The minimum atomic E-state index is 0.0927. The third-order valence-corrected chi connectivity index (χ3v) is 5.21. The Morgan fingerprint density at radius 1 is 0.846 bits per heavy atom. The molecule has 0 N–H and O–H groups in total. The van der Waals surface area contributed by atoms with Gasteiger partial charge in [-0.05, 0) is 71.1 Å². The largest absolute Gasteiger partial charge is 0.352 e. The fourth-order valence-corrected chi connectivity index (χ4v) is 3.39. The van der Waals surface area contributed by atoms with Crippen LogP contribution in [0, 0.1) is 3.57 Å². The predicted molar refractivity (Wildman–Crippen MR) is 109 cm³/mol. The molecule has 1 amide bonds. The van der Waals surface area contributed by atoms with Crippen LogP contribution < -0.4 is 4.90 Å². The Hall–Kier alpha value is -2.42. The maximum Gasteiger partial charge on any atom is 0.253 e. The van der Waals surface area contributed by atoms with E-state index in [-0.39, 0.29) is 5.91 Å². The van der Waals surface area contributed by atoms with Gasteiger partial charge in [-0.2, -0.15) is 0 Å². The summed E-state index contributed by atoms with van der Waals surface area (Å²) in [5, 5.41) is 8.64. The van der Waals surface area contributed by atoms with E-state index in [4.69, 9.17) is 0 Å². The van der Waals surface area contributed by atoms with E-state index >= 15 is 0 Å². The molecule has 132 valence electrons. The number of carbonyl (C=O) groups is 1. The van der Waals surface area contributed by atoms with Crippen molar-refractivity contribution in [2.45, 2.75) is 0 Å². The van der Waals surface area contributed by atoms with Crippen LogP contribution >= 0.6 is 22.6 Å². The number of anilines is 1. The van der Waals surface area contributed by atoms with Crippen LogP contribution in [0.2, 0.25) is 0 Å². The summed E-state index contributed by atoms with van der Waals surface area (Å²) in [6, 6.07) is 15.6. The molecule has 0 saturated carbocycles. The first-order valence-corrected chi connectivity index (χ1v) is 9.55. The monoisotopic (exact) mass is 459 g/mol. The number of rotatable bonds is 3. The van der Waals surface area contributed by atoms with Crippen LogP contribution in [0.3, 0.4) is 0 Å². The number of piperazine rings is 1. The molecule has 7 heteroatoms. The highest BCUT2D eigenvalue weighted by atomic mass is 127. The van der Waals surface area contributed by atoms with Crippen LogP contribution in [0.25, 0.3) is 5.82 Å². The van der Waals surface area contributed by atoms with E-state index in [0.29, 0.717) is 13.1 Å². The van der Waals surface area contributed by atoms with Crippen LogP contribution in [0.4, 0.5) is 5.82 Å². The van der Waals surface area contributed by atoms with Gasteiger partial charge in [0.2, 0.25) is 0 Å². The molecule has 0 radical (unpaired) electrons. The molecular formula is C19H18IN5O. The van der Waals surface area contributed by atoms with Crippen molar-refractivity contribution < 1.29 is 4.79 Å². The van der Waals surface area contributed by atoms with Gasteiger partial charge < -0.3 is 14.4 Å². The molecule has 0 atom stereocenters. The van der Waals surface area contributed by atoms with Crippen molar-refractivity contribution in [2.75, 3.05) is 31.1 Å². The topological polar surface area (TPSA) is 54.3 Å². The number of halogens is 1. The van der Waals surface area contributed by atoms with Crippen LogP contribution in [0.5, 0.6) is 0 Å². The lowest BCUT2D eigenvalue weighted by Gasteiger charge is -2.35. The number of benzene rings is 1. The molecule has 0 aliphatic carbocycles. The standard InChI is InChI=1S/C19H18IN5O/c20-16-5-3-15(4-6-16)19(26)25-13-11-24(12-14-25)18-8-7-17(21-22-18)23-9-1-2-10-23/h1-10H,11-14H2. The maximum atomic E-state index is 12.6. The van der Waals surface area contributed by atoms with Gasteiger partial charge in [-0.3, -0.25) is 4.79 Å². The first-order valence-electron chi connectivity index (χ1n) is 8.47. The van der Waals surface area contributed by atoms with Gasteiger partial charge in [-0.15, -0.1) is 10.2 Å². The minimum Gasteiger partial charge on any atom is -0.352 e. The molecule has 1 aliphatic rings. The van der Waals surface area contributed by atoms with Gasteiger partial charge in [0.15, 0.2) is 11.6 Å². The molecule has 0 unspecified atom stereocenters. The molecule has 0 bridgehead atoms. The highest BCUT2D eigenvalue weighted by Crippen LogP contribution is 2.16. The van der Waals surface area contributed by atoms with Crippen LogP contribution in [0.1, 0.15) is 10.4 Å². The molecule has 26 heavy (non-hydrogen) atoms. The van der Waals surface area contributed by atoms with Crippen molar-refractivity contribution in [1.82, 2.24) is 19.7 Å². The van der Waals surface area contributed by atoms with E-state index in [9.17, 15) is 4.79 Å². The first kappa shape index (κ1) is 17.0. The summed E-state index contributed by atoms with van der Waals surface area (Å²) >= 11 is 2.24. The summed E-state index contributed by atoms with van der Waals surface area (Å²) in [4.78, 5) is 16.7. The van der Waals surface area contributed by atoms with Crippen molar-refractivity contribution in [2.24, 2.45) is 0 Å². The zero-order valence-electron chi connectivity index (χ0n) is 14.1. The number of hydrogen-bond donors (Lipinski definition) is 0. The fourth-order valence-electron chi connectivity index (χ4n) is 3.03. The lowest BCUT2D eigenvalue weighted by atomic mass is 10.2. The lowest BCUT2D eigenvalue weighted by molar-refractivity contribution is 0.0746. The Bertz CT molecular complexity index is 869. The summed E-state index contributed by atoms with van der Waals surface area (Å²) in [5.74, 6) is 1.74. The van der Waals surface area contributed by atoms with Crippen LogP contribution in [0.15, 0.2) is 60.9 Å². The molecule has 4 rings (SSSR count). The quantitative estimate of drug-likeness (QED) is 0.566. The smallest absolute Gasteiger partial charge is 0.253 e. The summed E-state index contributed by atoms with van der Waals surface area (Å²) in [6.45, 7) is 2.89. The van der Waals surface area contributed by atoms with E-state index in [1.165, 1.54) is 0 Å². The molecule has 6 nitrogen and oxygen atoms in total. The highest BCUT2D eigenvalue weighted by molar-refractivity contribution is 14.1. The van der Waals surface area contributed by atoms with Gasteiger partial charge >= 0.3 is 0 Å². The van der Waals surface area contributed by atoms with E-state index in [1.54, 1.807) is 0 Å². The molecule has 1 aromatic carbocycles. The zero-order chi connectivity index (χ0) is 17.9. The SMILES string of the molecule is O=C(c1ccc(I)cc1)N1CCN(c2ccc(-n3cccc3)nn2)CC1. The van der Waals surface area contributed by atoms with Crippen molar-refractivity contribution >= 4 is 34.3 Å². The van der Waals surface area contributed by atoms with Gasteiger partial charge in [0.05, 0.1) is 0 Å². The van der Waals surface area contributed by atoms with Crippen molar-refractivity contribution in [1.29, 1.82) is 0 Å². The number of amides is 1. The van der Waals surface area contributed by atoms with Gasteiger partial charge in [-0.1, -0.05) is 0 Å². The van der Waals surface area contributed by atoms with Gasteiger partial charge in [-0.25, -0.2) is 0 Å². The van der Waals surface area contributed by atoms with Gasteiger partial charge in [0.25, 0.3) is 5.91 Å². The predicted octanol–water partition coefficient (Wildman–Crippen LogP) is 2.83. The van der Waals surface area contributed by atoms with E-state index in [1.807, 2.05) is 70.4 Å². The average molecular weight is 459 g/mol. The molecule has 3 aromatic rings. The normalized spacial score (nSPS) is 14.5. The Morgan fingerprint density at radius 3 is 2.08 bits per heavy atom. The molecule has 1 aliphatic heterocycles.